The van der Waals surface area contributed by atoms with Crippen LogP contribution in [0, 0.1) is 22.2 Å². The number of nitrogens with one attached hydrogen (secondary N) is 2. The van der Waals surface area contributed by atoms with Crippen LogP contribution >= 0.6 is 0 Å². The van der Waals surface area contributed by atoms with Crippen molar-refractivity contribution in [1.29, 1.82) is 10.8 Å². The lowest BCUT2D eigenvalue weighted by molar-refractivity contribution is 0.333. The Morgan fingerprint density at radius 3 is 2.20 bits per heavy atom. The van der Waals surface area contributed by atoms with E-state index in [9.17, 15) is 0 Å². The summed E-state index contributed by atoms with van der Waals surface area (Å²) in [5.41, 5.74) is 6.18. The number of rotatable bonds is 5. The van der Waals surface area contributed by atoms with Crippen LogP contribution in [0.1, 0.15) is 27.7 Å². The Kier molecular flexibility index (Phi) is 4.98. The van der Waals surface area contributed by atoms with E-state index in [1.807, 2.05) is 12.2 Å². The Morgan fingerprint density at radius 2 is 1.87 bits per heavy atom. The quantitative estimate of drug-likeness (QED) is 0.470. The third-order valence-electron chi connectivity index (χ3n) is 2.82. The molecule has 3 nitrogen and oxygen atoms in total. The first-order chi connectivity index (χ1) is 6.85. The smallest absolute Gasteiger partial charge is 0.0802 e. The number of nitrogens with two attached hydrogens (primary N) is 1. The molecule has 4 N–H and O–H groups in total. The Balaban J connectivity index is 4.78. The third-order valence-corrected chi connectivity index (χ3v) is 2.82. The van der Waals surface area contributed by atoms with Crippen LogP contribution in [0.15, 0.2) is 23.9 Å². The van der Waals surface area contributed by atoms with Gasteiger partial charge in [-0.3, -0.25) is 5.41 Å². The van der Waals surface area contributed by atoms with Gasteiger partial charge < -0.3 is 11.1 Å². The van der Waals surface area contributed by atoms with E-state index in [1.165, 1.54) is 6.20 Å². The number of hydrogen-bond donors (Lipinski definition) is 3. The molecule has 0 unspecified atom stereocenters. The lowest BCUT2D eigenvalue weighted by Gasteiger charge is -2.25. The fraction of sp³-hybridized carbons (Fsp3) is 0.500. The second-order valence-corrected chi connectivity index (χ2v) is 4.49. The fourth-order valence-electron chi connectivity index (χ4n) is 0.815. The maximum Gasteiger partial charge on any atom is 0.0802 e. The molecule has 0 heterocycles. The molecule has 0 rings (SSSR count). The third kappa shape index (κ3) is 4.11. The van der Waals surface area contributed by atoms with Crippen molar-refractivity contribution < 1.29 is 0 Å². The molecule has 0 aliphatic rings. The van der Waals surface area contributed by atoms with Crippen molar-refractivity contribution in [2.24, 2.45) is 17.1 Å². The lowest BCUT2D eigenvalue weighted by atomic mass is 9.80. The first-order valence-corrected chi connectivity index (χ1v) is 5.05. The molecule has 84 valence electrons. The van der Waals surface area contributed by atoms with Crippen molar-refractivity contribution >= 4 is 11.9 Å². The van der Waals surface area contributed by atoms with E-state index in [-0.39, 0.29) is 11.1 Å². The van der Waals surface area contributed by atoms with Crippen LogP contribution in [0.2, 0.25) is 0 Å². The number of hydrogen-bond acceptors (Lipinski definition) is 3. The van der Waals surface area contributed by atoms with Crippen LogP contribution < -0.4 is 5.73 Å². The predicted molar refractivity (Wildman–Crippen MR) is 66.5 cm³/mol. The van der Waals surface area contributed by atoms with E-state index in [4.69, 9.17) is 16.6 Å². The van der Waals surface area contributed by atoms with Gasteiger partial charge in [0.25, 0.3) is 0 Å². The van der Waals surface area contributed by atoms with E-state index in [0.717, 1.165) is 6.21 Å². The minimum Gasteiger partial charge on any atom is -0.404 e. The first kappa shape index (κ1) is 13.6. The molecule has 0 saturated carbocycles. The van der Waals surface area contributed by atoms with Crippen molar-refractivity contribution in [3.8, 4) is 0 Å². The average Bonchev–Trinajstić information content (AvgIpc) is 2.17. The number of allylic oxidation sites excluding steroid dienone is 3. The topological polar surface area (TPSA) is 73.7 Å². The second kappa shape index (κ2) is 5.49. The summed E-state index contributed by atoms with van der Waals surface area (Å²) in [6.45, 7) is 8.57. The molecule has 0 aromatic heterocycles. The molecule has 0 aromatic rings. The van der Waals surface area contributed by atoms with Gasteiger partial charge in [0.2, 0.25) is 0 Å². The van der Waals surface area contributed by atoms with Gasteiger partial charge in [0.05, 0.1) is 5.71 Å². The minimum atomic E-state index is 0.0660. The molecule has 0 radical (unpaired) electrons. The molecule has 0 atom stereocenters. The van der Waals surface area contributed by atoms with Crippen LogP contribution in [0.5, 0.6) is 0 Å². The summed E-state index contributed by atoms with van der Waals surface area (Å²) in [4.78, 5) is 0. The van der Waals surface area contributed by atoms with Gasteiger partial charge in [-0.2, -0.15) is 0 Å². The summed E-state index contributed by atoms with van der Waals surface area (Å²) < 4.78 is 0. The molecule has 15 heavy (non-hydrogen) atoms. The largest absolute Gasteiger partial charge is 0.404 e. The Bertz CT molecular complexity index is 296. The normalized spacial score (nSPS) is 13.5. The van der Waals surface area contributed by atoms with Gasteiger partial charge in [0.15, 0.2) is 0 Å². The van der Waals surface area contributed by atoms with Crippen molar-refractivity contribution in [2.75, 3.05) is 0 Å². The van der Waals surface area contributed by atoms with E-state index in [0.29, 0.717) is 11.5 Å². The summed E-state index contributed by atoms with van der Waals surface area (Å²) in [6.07, 6.45) is 6.20. The van der Waals surface area contributed by atoms with E-state index in [2.05, 4.69) is 27.7 Å². The molecular formula is C12H21N3. The summed E-state index contributed by atoms with van der Waals surface area (Å²) in [6, 6.07) is 0. The molecule has 0 bridgehead atoms. The Morgan fingerprint density at radius 1 is 1.33 bits per heavy atom. The van der Waals surface area contributed by atoms with E-state index >= 15 is 0 Å². The second-order valence-electron chi connectivity index (χ2n) is 4.49. The van der Waals surface area contributed by atoms with Gasteiger partial charge in [-0.15, -0.1) is 0 Å². The van der Waals surface area contributed by atoms with E-state index < -0.39 is 0 Å². The zero-order valence-corrected chi connectivity index (χ0v) is 9.96. The molecule has 0 aliphatic heterocycles. The highest BCUT2D eigenvalue weighted by Gasteiger charge is 2.18. The van der Waals surface area contributed by atoms with Crippen LogP contribution in [0.3, 0.4) is 0 Å². The van der Waals surface area contributed by atoms with Crippen molar-refractivity contribution in [1.82, 2.24) is 0 Å². The van der Waals surface area contributed by atoms with Crippen molar-refractivity contribution in [3.63, 3.8) is 0 Å². The van der Waals surface area contributed by atoms with Crippen molar-refractivity contribution in [2.45, 2.75) is 27.7 Å². The predicted octanol–water partition coefficient (Wildman–Crippen LogP) is 2.74. The summed E-state index contributed by atoms with van der Waals surface area (Å²) in [5, 5.41) is 14.4. The molecule has 0 fully saturated rings. The molecule has 0 spiro atoms. The molecule has 3 heteroatoms. The van der Waals surface area contributed by atoms with Gasteiger partial charge >= 0.3 is 0 Å². The minimum absolute atomic E-state index is 0.0660. The maximum atomic E-state index is 7.47. The summed E-state index contributed by atoms with van der Waals surface area (Å²) >= 11 is 0. The van der Waals surface area contributed by atoms with Crippen molar-refractivity contribution in [3.05, 3.63) is 23.9 Å². The zero-order valence-electron chi connectivity index (χ0n) is 9.96. The van der Waals surface area contributed by atoms with Gasteiger partial charge in [-0.05, 0) is 11.3 Å². The fourth-order valence-corrected chi connectivity index (χ4v) is 0.815. The Labute approximate surface area is 92.1 Å². The first-order valence-electron chi connectivity index (χ1n) is 5.05. The summed E-state index contributed by atoms with van der Waals surface area (Å²) in [5.74, 6) is 0.516. The van der Waals surface area contributed by atoms with Crippen LogP contribution in [0.4, 0.5) is 0 Å². The van der Waals surface area contributed by atoms with E-state index in [1.54, 1.807) is 0 Å². The molecule has 0 aliphatic carbocycles. The molecule has 0 aromatic carbocycles. The van der Waals surface area contributed by atoms with Gasteiger partial charge in [-0.25, -0.2) is 0 Å². The Hall–Kier alpha value is -1.38. The maximum absolute atomic E-state index is 7.47. The zero-order chi connectivity index (χ0) is 12.1. The molecular weight excluding hydrogens is 186 g/mol. The van der Waals surface area contributed by atoms with Crippen LogP contribution in [-0.4, -0.2) is 11.9 Å². The summed E-state index contributed by atoms with van der Waals surface area (Å²) in [7, 11) is 0. The average molecular weight is 207 g/mol. The van der Waals surface area contributed by atoms with Gasteiger partial charge in [0, 0.05) is 18.0 Å². The molecule has 0 saturated heterocycles. The highest BCUT2D eigenvalue weighted by Crippen LogP contribution is 2.27. The van der Waals surface area contributed by atoms with Crippen LogP contribution in [0.25, 0.3) is 0 Å². The van der Waals surface area contributed by atoms with Gasteiger partial charge in [-0.1, -0.05) is 39.8 Å². The standard InChI is InChI=1S/C12H21N3/c1-9(2)12(3,4)6-5-10(7-13)11(15)8-14/h5-9,14-15H,13H2,1-4H3/b6-5-,10-7-,14-8?,15-11?. The van der Waals surface area contributed by atoms with Gasteiger partial charge in [0.1, 0.15) is 0 Å². The lowest BCUT2D eigenvalue weighted by Crippen LogP contribution is -2.16. The van der Waals surface area contributed by atoms with Crippen LogP contribution in [-0.2, 0) is 0 Å². The molecule has 0 amide bonds. The monoisotopic (exact) mass is 207 g/mol. The highest BCUT2D eigenvalue weighted by molar-refractivity contribution is 6.36. The highest BCUT2D eigenvalue weighted by atomic mass is 14.5. The SMILES string of the molecule is CC(C)C(C)(C)/C=C\C(=C\N)C(=N)C=N.